The molecule has 0 atom stereocenters. The second-order valence-corrected chi connectivity index (χ2v) is 7.10. The number of thiazole rings is 1. The maximum Gasteiger partial charge on any atom is 0.338 e. The van der Waals surface area contributed by atoms with Gasteiger partial charge >= 0.3 is 5.97 Å². The van der Waals surface area contributed by atoms with Crippen LogP contribution in [0.25, 0.3) is 10.2 Å². The van der Waals surface area contributed by atoms with Crippen LogP contribution in [0.1, 0.15) is 34.6 Å². The number of amides is 2. The number of fused-ring (bicyclic) bond motifs is 1. The van der Waals surface area contributed by atoms with Gasteiger partial charge in [0.2, 0.25) is 0 Å². The molecule has 29 heavy (non-hydrogen) atoms. The first kappa shape index (κ1) is 20.5. The molecule has 0 aliphatic rings. The van der Waals surface area contributed by atoms with Crippen molar-refractivity contribution < 1.29 is 19.1 Å². The molecule has 0 fully saturated rings. The van der Waals surface area contributed by atoms with Crippen molar-refractivity contribution >= 4 is 45.0 Å². The van der Waals surface area contributed by atoms with Gasteiger partial charge in [-0.25, -0.2) is 9.78 Å². The Morgan fingerprint density at radius 3 is 2.62 bits per heavy atom. The maximum atomic E-state index is 12.4. The molecule has 2 aromatic carbocycles. The lowest BCUT2D eigenvalue weighted by molar-refractivity contribution is -0.119. The second-order valence-electron chi connectivity index (χ2n) is 6.22. The maximum absolute atomic E-state index is 12.4. The van der Waals surface area contributed by atoms with Gasteiger partial charge in [-0.05, 0) is 50.2 Å². The largest absolute Gasteiger partial charge is 0.452 e. The van der Waals surface area contributed by atoms with Crippen LogP contribution in [0.15, 0.2) is 48.0 Å². The lowest BCUT2D eigenvalue weighted by Gasteiger charge is -2.19. The van der Waals surface area contributed by atoms with E-state index in [1.54, 1.807) is 52.9 Å². The Morgan fingerprint density at radius 1 is 1.07 bits per heavy atom. The van der Waals surface area contributed by atoms with Crippen molar-refractivity contribution in [2.24, 2.45) is 0 Å². The van der Waals surface area contributed by atoms with E-state index in [1.165, 1.54) is 11.3 Å². The summed E-state index contributed by atoms with van der Waals surface area (Å²) in [7, 11) is 0. The normalized spacial score (nSPS) is 10.6. The molecule has 1 N–H and O–H groups in total. The first-order valence-electron chi connectivity index (χ1n) is 9.21. The highest BCUT2D eigenvalue weighted by molar-refractivity contribution is 7.16. The molecule has 3 rings (SSSR count). The van der Waals surface area contributed by atoms with Crippen molar-refractivity contribution in [3.05, 3.63) is 59.1 Å². The quantitative estimate of drug-likeness (QED) is 0.601. The number of nitrogens with zero attached hydrogens (tertiary/aromatic N) is 2. The van der Waals surface area contributed by atoms with Crippen molar-refractivity contribution in [3.8, 4) is 0 Å². The number of aromatic nitrogens is 1. The minimum Gasteiger partial charge on any atom is -0.452 e. The Balaban J connectivity index is 1.58. The number of hydrogen-bond acceptors (Lipinski definition) is 6. The minimum absolute atomic E-state index is 0.101. The summed E-state index contributed by atoms with van der Waals surface area (Å²) in [4.78, 5) is 42.6. The first-order chi connectivity index (χ1) is 14.0. The molecule has 0 saturated heterocycles. The van der Waals surface area contributed by atoms with Crippen LogP contribution in [0.3, 0.4) is 0 Å². The molecule has 1 aromatic heterocycles. The van der Waals surface area contributed by atoms with Crippen molar-refractivity contribution in [1.29, 1.82) is 0 Å². The van der Waals surface area contributed by atoms with Gasteiger partial charge in [0.25, 0.3) is 11.8 Å². The predicted molar refractivity (Wildman–Crippen MR) is 112 cm³/mol. The monoisotopic (exact) mass is 411 g/mol. The van der Waals surface area contributed by atoms with Crippen LogP contribution in [0, 0.1) is 0 Å². The number of hydrogen-bond donors (Lipinski definition) is 1. The summed E-state index contributed by atoms with van der Waals surface area (Å²) in [6.07, 6.45) is 0. The molecule has 3 aromatic rings. The number of anilines is 1. The van der Waals surface area contributed by atoms with Crippen molar-refractivity contribution in [3.63, 3.8) is 0 Å². The van der Waals surface area contributed by atoms with E-state index >= 15 is 0 Å². The lowest BCUT2D eigenvalue weighted by Crippen LogP contribution is -2.30. The molecule has 150 valence electrons. The molecule has 0 spiro atoms. The molecule has 0 unspecified atom stereocenters. The zero-order chi connectivity index (χ0) is 20.8. The van der Waals surface area contributed by atoms with Gasteiger partial charge in [0.05, 0.1) is 21.3 Å². The number of rotatable bonds is 7. The van der Waals surface area contributed by atoms with Crippen LogP contribution in [0.4, 0.5) is 5.69 Å². The number of benzene rings is 2. The van der Waals surface area contributed by atoms with Crippen LogP contribution < -0.4 is 5.32 Å². The topological polar surface area (TPSA) is 88.6 Å². The summed E-state index contributed by atoms with van der Waals surface area (Å²) in [6, 6.07) is 11.7. The summed E-state index contributed by atoms with van der Waals surface area (Å²) in [5.74, 6) is -1.17. The summed E-state index contributed by atoms with van der Waals surface area (Å²) in [5.41, 5.74) is 3.83. The van der Waals surface area contributed by atoms with E-state index < -0.39 is 18.5 Å². The summed E-state index contributed by atoms with van der Waals surface area (Å²) >= 11 is 1.42. The Bertz CT molecular complexity index is 1040. The third-order valence-electron chi connectivity index (χ3n) is 4.35. The van der Waals surface area contributed by atoms with E-state index in [9.17, 15) is 14.4 Å². The van der Waals surface area contributed by atoms with Gasteiger partial charge in [-0.3, -0.25) is 9.59 Å². The highest BCUT2D eigenvalue weighted by Gasteiger charge is 2.14. The van der Waals surface area contributed by atoms with Crippen LogP contribution in [0.2, 0.25) is 0 Å². The minimum atomic E-state index is -0.582. The Kier molecular flexibility index (Phi) is 6.56. The van der Waals surface area contributed by atoms with E-state index in [0.717, 1.165) is 10.2 Å². The highest BCUT2D eigenvalue weighted by atomic mass is 32.1. The fourth-order valence-corrected chi connectivity index (χ4v) is 3.53. The van der Waals surface area contributed by atoms with Gasteiger partial charge in [-0.2, -0.15) is 0 Å². The molecule has 2 amide bonds. The third kappa shape index (κ3) is 4.97. The van der Waals surface area contributed by atoms with Crippen molar-refractivity contribution in [1.82, 2.24) is 9.88 Å². The summed E-state index contributed by atoms with van der Waals surface area (Å²) < 4.78 is 5.97. The van der Waals surface area contributed by atoms with E-state index in [1.807, 2.05) is 13.8 Å². The van der Waals surface area contributed by atoms with E-state index in [-0.39, 0.29) is 5.91 Å². The molecule has 0 radical (unpaired) electrons. The smallest absolute Gasteiger partial charge is 0.338 e. The number of nitrogens with one attached hydrogen (secondary N) is 1. The van der Waals surface area contributed by atoms with Crippen LogP contribution in [-0.2, 0) is 9.53 Å². The van der Waals surface area contributed by atoms with E-state index in [2.05, 4.69) is 10.3 Å². The zero-order valence-corrected chi connectivity index (χ0v) is 17.0. The number of carbonyl (C=O) groups excluding carboxylic acids is 3. The summed E-state index contributed by atoms with van der Waals surface area (Å²) in [5, 5.41) is 2.65. The molecule has 0 aliphatic heterocycles. The molecule has 1 heterocycles. The average molecular weight is 411 g/mol. The first-order valence-corrected chi connectivity index (χ1v) is 10.1. The Hall–Kier alpha value is -3.26. The van der Waals surface area contributed by atoms with E-state index in [0.29, 0.717) is 29.9 Å². The molecule has 0 saturated carbocycles. The molecule has 7 nitrogen and oxygen atoms in total. The zero-order valence-electron chi connectivity index (χ0n) is 16.2. The molecule has 0 aliphatic carbocycles. The fraction of sp³-hybridized carbons (Fsp3) is 0.238. The van der Waals surface area contributed by atoms with Gasteiger partial charge in [0.1, 0.15) is 0 Å². The number of carbonyl (C=O) groups is 3. The van der Waals surface area contributed by atoms with Crippen molar-refractivity contribution in [2.45, 2.75) is 13.8 Å². The molecular weight excluding hydrogens is 390 g/mol. The second kappa shape index (κ2) is 9.29. The SMILES string of the molecule is CCN(CC)C(=O)c1cccc(NC(=O)COC(=O)c2ccc3ncsc3c2)c1. The van der Waals surface area contributed by atoms with E-state index in [4.69, 9.17) is 4.74 Å². The van der Waals surface area contributed by atoms with Gasteiger partial charge in [0, 0.05) is 24.3 Å². The van der Waals surface area contributed by atoms with Crippen molar-refractivity contribution in [2.75, 3.05) is 25.0 Å². The van der Waals surface area contributed by atoms with Gasteiger partial charge in [0.15, 0.2) is 6.61 Å². The van der Waals surface area contributed by atoms with Gasteiger partial charge in [-0.1, -0.05) is 6.07 Å². The molecule has 0 bridgehead atoms. The van der Waals surface area contributed by atoms with Crippen LogP contribution in [-0.4, -0.2) is 47.4 Å². The average Bonchev–Trinajstić information content (AvgIpc) is 3.21. The number of ether oxygens (including phenoxy) is 1. The van der Waals surface area contributed by atoms with Gasteiger partial charge < -0.3 is 15.0 Å². The van der Waals surface area contributed by atoms with Crippen LogP contribution >= 0.6 is 11.3 Å². The Labute approximate surface area is 172 Å². The standard InChI is InChI=1S/C21H21N3O4S/c1-3-24(4-2)20(26)14-6-5-7-16(10-14)23-19(25)12-28-21(27)15-8-9-17-18(11-15)29-13-22-17/h5-11,13H,3-4,12H2,1-2H3,(H,23,25). The summed E-state index contributed by atoms with van der Waals surface area (Å²) in [6.45, 7) is 4.61. The van der Waals surface area contributed by atoms with Crippen LogP contribution in [0.5, 0.6) is 0 Å². The van der Waals surface area contributed by atoms with Gasteiger partial charge in [-0.15, -0.1) is 11.3 Å². The third-order valence-corrected chi connectivity index (χ3v) is 5.14. The predicted octanol–water partition coefficient (Wildman–Crippen LogP) is 3.57. The molecule has 8 heteroatoms. The lowest BCUT2D eigenvalue weighted by atomic mass is 10.1. The highest BCUT2D eigenvalue weighted by Crippen LogP contribution is 2.19. The number of esters is 1. The fourth-order valence-electron chi connectivity index (χ4n) is 2.82. The molecular formula is C21H21N3O4S. The Morgan fingerprint density at radius 2 is 1.86 bits per heavy atom.